The van der Waals surface area contributed by atoms with E-state index in [1.807, 2.05) is 31.2 Å². The van der Waals surface area contributed by atoms with E-state index in [2.05, 4.69) is 47.4 Å². The second-order valence-electron chi connectivity index (χ2n) is 14.0. The number of alkyl halides is 1. The molecule has 1 aromatic heterocycles. The summed E-state index contributed by atoms with van der Waals surface area (Å²) in [7, 11) is 1.39. The normalized spacial score (nSPS) is 30.8. The summed E-state index contributed by atoms with van der Waals surface area (Å²) in [6.45, 7) is 2.62. The number of halogens is 1. The third-order valence-electron chi connectivity index (χ3n) is 11.2. The van der Waals surface area contributed by atoms with Crippen LogP contribution in [0.3, 0.4) is 0 Å². The maximum absolute atomic E-state index is 14.7. The van der Waals surface area contributed by atoms with Gasteiger partial charge in [0.25, 0.3) is 0 Å². The summed E-state index contributed by atoms with van der Waals surface area (Å²) >= 11 is 1.69. The van der Waals surface area contributed by atoms with Gasteiger partial charge in [0.15, 0.2) is 0 Å². The van der Waals surface area contributed by atoms with Crippen molar-refractivity contribution in [3.8, 4) is 11.1 Å². The van der Waals surface area contributed by atoms with Crippen molar-refractivity contribution in [1.82, 2.24) is 4.98 Å². The molecule has 4 aliphatic carbocycles. The van der Waals surface area contributed by atoms with Crippen molar-refractivity contribution in [2.45, 2.75) is 75.5 Å². The van der Waals surface area contributed by atoms with E-state index in [1.54, 1.807) is 11.3 Å². The molecular formula is C37H36FNO4S. The highest BCUT2D eigenvalue weighted by molar-refractivity contribution is 7.18. The van der Waals surface area contributed by atoms with Gasteiger partial charge >= 0.3 is 5.97 Å². The second-order valence-corrected chi connectivity index (χ2v) is 15.2. The first-order chi connectivity index (χ1) is 21.1. The lowest BCUT2D eigenvalue weighted by Gasteiger charge is -2.65. The molecule has 4 aromatic rings. The number of carbonyl (C=O) groups excluding carboxylic acids is 2. The molecule has 3 heterocycles. The Morgan fingerprint density at radius 2 is 1.70 bits per heavy atom. The largest absolute Gasteiger partial charge is 0.465 e. The molecule has 1 unspecified atom stereocenters. The Morgan fingerprint density at radius 3 is 2.36 bits per heavy atom. The van der Waals surface area contributed by atoms with Gasteiger partial charge in [0.2, 0.25) is 0 Å². The number of ketones is 1. The van der Waals surface area contributed by atoms with E-state index in [0.29, 0.717) is 31.4 Å². The number of ether oxygens (including phenoxy) is 2. The van der Waals surface area contributed by atoms with Crippen molar-refractivity contribution >= 4 is 33.3 Å². The summed E-state index contributed by atoms with van der Waals surface area (Å²) in [5.74, 6) is -0.414. The van der Waals surface area contributed by atoms with Crippen molar-refractivity contribution in [3.05, 3.63) is 88.4 Å². The van der Waals surface area contributed by atoms with Crippen LogP contribution in [0.25, 0.3) is 21.3 Å². The molecular weight excluding hydrogens is 573 g/mol. The molecule has 6 aliphatic rings. The molecule has 10 rings (SSSR count). The molecule has 0 spiro atoms. The van der Waals surface area contributed by atoms with E-state index in [1.165, 1.54) is 7.11 Å². The van der Waals surface area contributed by atoms with Crippen LogP contribution in [0.4, 0.5) is 4.39 Å². The molecule has 226 valence electrons. The summed E-state index contributed by atoms with van der Waals surface area (Å²) in [5, 5.41) is 1.05. The van der Waals surface area contributed by atoms with Gasteiger partial charge in [0.05, 0.1) is 40.1 Å². The van der Waals surface area contributed by atoms with E-state index < -0.39 is 11.1 Å². The number of nitrogens with zero attached hydrogens (tertiary/aromatic N) is 1. The van der Waals surface area contributed by atoms with Crippen LogP contribution >= 0.6 is 11.3 Å². The molecule has 1 atom stereocenters. The third-order valence-corrected chi connectivity index (χ3v) is 12.1. The maximum Gasteiger partial charge on any atom is 0.337 e. The number of methoxy groups -OCH3 is 1. The first-order valence-electron chi connectivity index (χ1n) is 15.7. The molecule has 0 radical (unpaired) electrons. The molecule has 5 nitrogen and oxygen atoms in total. The van der Waals surface area contributed by atoms with Crippen LogP contribution < -0.4 is 0 Å². The first kappa shape index (κ1) is 28.1. The van der Waals surface area contributed by atoms with Crippen molar-refractivity contribution in [2.24, 2.45) is 10.8 Å². The zero-order valence-corrected chi connectivity index (χ0v) is 26.0. The number of thiazole rings is 1. The maximum atomic E-state index is 14.7. The minimum atomic E-state index is -1.12. The van der Waals surface area contributed by atoms with E-state index in [-0.39, 0.29) is 28.7 Å². The minimum Gasteiger partial charge on any atom is -0.465 e. The van der Waals surface area contributed by atoms with Crippen molar-refractivity contribution < 1.29 is 23.5 Å². The summed E-state index contributed by atoms with van der Waals surface area (Å²) in [5.41, 5.74) is 3.78. The number of hydrogen-bond acceptors (Lipinski definition) is 6. The number of aryl methyl sites for hydroxylation is 1. The van der Waals surface area contributed by atoms with Gasteiger partial charge in [-0.1, -0.05) is 42.5 Å². The number of rotatable bonds is 8. The number of aromatic nitrogens is 1. The van der Waals surface area contributed by atoms with Crippen LogP contribution in [0.2, 0.25) is 0 Å². The van der Waals surface area contributed by atoms with Crippen LogP contribution in [-0.2, 0) is 19.9 Å². The molecule has 3 aromatic carbocycles. The van der Waals surface area contributed by atoms with Gasteiger partial charge in [-0.05, 0) is 110 Å². The van der Waals surface area contributed by atoms with Gasteiger partial charge in [-0.15, -0.1) is 11.3 Å². The highest BCUT2D eigenvalue weighted by Gasteiger charge is 2.73. The number of esters is 1. The lowest BCUT2D eigenvalue weighted by molar-refractivity contribution is -0.216. The zero-order chi connectivity index (χ0) is 30.3. The summed E-state index contributed by atoms with van der Waals surface area (Å²) in [6.07, 6.45) is 5.55. The molecule has 0 amide bonds. The SMILES string of the molecule is COC(=O)c1ccc(C23CCC(CC(C(=O)C45CC(F)(C4)C5)c4cccc(-c5ccc6nc(C)sc6c5)c4)(CC2)CO3)cc1. The summed E-state index contributed by atoms with van der Waals surface area (Å²) < 4.78 is 27.4. The fraction of sp³-hybridized carbons (Fsp3) is 0.432. The van der Waals surface area contributed by atoms with Crippen LogP contribution in [0.1, 0.15) is 83.8 Å². The predicted octanol–water partition coefficient (Wildman–Crippen LogP) is 8.48. The van der Waals surface area contributed by atoms with Crippen molar-refractivity contribution in [2.75, 3.05) is 13.7 Å². The number of Topliss-reactive ketones (excluding diaryl/α,β-unsaturated/α-hetero) is 1. The average Bonchev–Trinajstić information content (AvgIpc) is 3.41. The molecule has 0 N–H and O–H groups in total. The lowest BCUT2D eigenvalue weighted by Crippen LogP contribution is -2.68. The van der Waals surface area contributed by atoms with Gasteiger partial charge in [-0.2, -0.15) is 0 Å². The van der Waals surface area contributed by atoms with Gasteiger partial charge in [-0.25, -0.2) is 14.2 Å². The predicted molar refractivity (Wildman–Crippen MR) is 169 cm³/mol. The monoisotopic (exact) mass is 609 g/mol. The Kier molecular flexibility index (Phi) is 6.25. The molecule has 4 saturated carbocycles. The fourth-order valence-electron chi connectivity index (χ4n) is 8.67. The molecule has 2 aliphatic heterocycles. The van der Waals surface area contributed by atoms with Gasteiger partial charge in [0, 0.05) is 11.3 Å². The van der Waals surface area contributed by atoms with Crippen LogP contribution in [0.5, 0.6) is 0 Å². The van der Waals surface area contributed by atoms with Crippen LogP contribution in [0.15, 0.2) is 66.7 Å². The standard InChI is InChI=1S/C37H36FNO4S/c1-23-39-30-11-8-26(17-31(30)44-23)25-4-3-5-27(16-25)29(32(40)35-19-36(38,20-35)21-35)18-34-12-14-37(15-13-34,43-22-34)28-9-6-24(7-10-28)33(41)42-2/h3-11,16-17,29H,12-15,18-22H2,1-2H3. The van der Waals surface area contributed by atoms with E-state index in [0.717, 1.165) is 69.6 Å². The smallest absolute Gasteiger partial charge is 0.337 e. The Labute approximate surface area is 260 Å². The number of carbonyl (C=O) groups is 2. The van der Waals surface area contributed by atoms with Gasteiger partial charge < -0.3 is 9.47 Å². The van der Waals surface area contributed by atoms with Crippen LogP contribution in [-0.4, -0.2) is 36.1 Å². The van der Waals surface area contributed by atoms with E-state index in [9.17, 15) is 14.0 Å². The van der Waals surface area contributed by atoms with Crippen molar-refractivity contribution in [3.63, 3.8) is 0 Å². The fourth-order valence-corrected chi connectivity index (χ4v) is 9.54. The first-order valence-corrected chi connectivity index (χ1v) is 16.5. The lowest BCUT2D eigenvalue weighted by atomic mass is 9.39. The molecule has 6 fully saturated rings. The molecule has 4 bridgehead atoms. The third kappa shape index (κ3) is 4.38. The van der Waals surface area contributed by atoms with E-state index in [4.69, 9.17) is 9.47 Å². The average molecular weight is 610 g/mol. The highest BCUT2D eigenvalue weighted by atomic mass is 32.1. The minimum absolute atomic E-state index is 0.0972. The summed E-state index contributed by atoms with van der Waals surface area (Å²) in [6, 6.07) is 22.4. The Hall–Kier alpha value is -3.42. The quantitative estimate of drug-likeness (QED) is 0.188. The molecule has 2 saturated heterocycles. The summed E-state index contributed by atoms with van der Waals surface area (Å²) in [4.78, 5) is 30.9. The second kappa shape index (κ2) is 9.79. The van der Waals surface area contributed by atoms with E-state index >= 15 is 0 Å². The molecule has 44 heavy (non-hydrogen) atoms. The Morgan fingerprint density at radius 1 is 0.977 bits per heavy atom. The Balaban J connectivity index is 1.07. The Bertz CT molecular complexity index is 1770. The van der Waals surface area contributed by atoms with Crippen LogP contribution in [0, 0.1) is 17.8 Å². The van der Waals surface area contributed by atoms with Gasteiger partial charge in [-0.3, -0.25) is 4.79 Å². The number of fused-ring (bicyclic) bond motifs is 4. The molecule has 7 heteroatoms. The van der Waals surface area contributed by atoms with Crippen molar-refractivity contribution in [1.29, 1.82) is 0 Å². The topological polar surface area (TPSA) is 65.5 Å². The van der Waals surface area contributed by atoms with Gasteiger partial charge in [0.1, 0.15) is 11.5 Å². The number of hydrogen-bond donors (Lipinski definition) is 0. The highest BCUT2D eigenvalue weighted by Crippen LogP contribution is 2.71. The zero-order valence-electron chi connectivity index (χ0n) is 25.2. The number of benzene rings is 3.